The molecule has 0 fully saturated rings. The summed E-state index contributed by atoms with van der Waals surface area (Å²) in [5, 5.41) is 0. The Hall–Kier alpha value is 0.918. The zero-order valence-corrected chi connectivity index (χ0v) is 5.91. The molecule has 0 unspecified atom stereocenters. The van der Waals surface area contributed by atoms with Crippen LogP contribution in [0.4, 0.5) is 18.1 Å². The Morgan fingerprint density at radius 3 is 0.625 bits per heavy atom. The molecule has 0 aliphatic carbocycles. The topological polar surface area (TPSA) is 0 Å². The minimum atomic E-state index is -11.2. The molecule has 8 heavy (non-hydrogen) atoms. The van der Waals surface area contributed by atoms with Gasteiger partial charge in [0.2, 0.25) is 0 Å². The fraction of sp³-hybridized carbons (Fsp3) is 0. The van der Waals surface area contributed by atoms with E-state index in [1.54, 1.807) is 0 Å². The molecule has 0 atom stereocenters. The molecule has 0 nitrogen and oxygen atoms in total. The third-order valence-electron chi connectivity index (χ3n) is 0. The van der Waals surface area contributed by atoms with Gasteiger partial charge >= 0.3 is 54.8 Å². The number of rotatable bonds is 0. The first-order chi connectivity index (χ1) is 2.45. The number of halogens is 6. The predicted molar refractivity (Wildman–Crippen MR) is 6.65 cm³/mol. The van der Waals surface area contributed by atoms with Crippen molar-refractivity contribution in [2.75, 3.05) is 0 Å². The molecule has 0 bridgehead atoms. The summed E-state index contributed by atoms with van der Waals surface area (Å²) in [7, 11) is 0. The molecule has 0 heterocycles. The molecule has 0 aliphatic heterocycles. The molecule has 0 saturated carbocycles. The summed E-state index contributed by atoms with van der Waals surface area (Å²) in [6.07, 6.45) is 0. The summed E-state index contributed by atoms with van der Waals surface area (Å²) < 4.78 is 59.6. The SMILES string of the molecule is [F][Nb-]([F])([F])([F])([F])[F].[Li+]. The van der Waals surface area contributed by atoms with Crippen molar-refractivity contribution in [3.63, 3.8) is 0 Å². The van der Waals surface area contributed by atoms with Crippen molar-refractivity contribution in [3.05, 3.63) is 0 Å². The second kappa shape index (κ2) is 1.50. The summed E-state index contributed by atoms with van der Waals surface area (Å²) in [5.74, 6) is 0. The van der Waals surface area contributed by atoms with E-state index in [0.29, 0.717) is 0 Å². The Bertz CT molecular complexity index is 67.1. The molecule has 0 spiro atoms. The van der Waals surface area contributed by atoms with Crippen LogP contribution >= 0.6 is 0 Å². The van der Waals surface area contributed by atoms with Crippen LogP contribution in [0.5, 0.6) is 0 Å². The number of hydrogen-bond acceptors (Lipinski definition) is 0. The van der Waals surface area contributed by atoms with Crippen LogP contribution in [0.25, 0.3) is 0 Å². The van der Waals surface area contributed by atoms with Gasteiger partial charge in [0.05, 0.1) is 0 Å². The van der Waals surface area contributed by atoms with Crippen molar-refractivity contribution in [3.8, 4) is 0 Å². The molecule has 0 amide bonds. The predicted octanol–water partition coefficient (Wildman–Crippen LogP) is -0.477. The van der Waals surface area contributed by atoms with E-state index < -0.39 is 17.8 Å². The van der Waals surface area contributed by atoms with Gasteiger partial charge in [0.15, 0.2) is 0 Å². The largest absolute Gasteiger partial charge is 1.00 e. The van der Waals surface area contributed by atoms with Crippen LogP contribution in [0.2, 0.25) is 0 Å². The van der Waals surface area contributed by atoms with Crippen LogP contribution in [0, 0.1) is 0 Å². The van der Waals surface area contributed by atoms with Gasteiger partial charge in [-0.05, 0) is 0 Å². The second-order valence-corrected chi connectivity index (χ2v) is 5.67. The average Bonchev–Trinajstić information content (AvgIpc) is 0.592. The van der Waals surface area contributed by atoms with E-state index in [0.717, 1.165) is 0 Å². The summed E-state index contributed by atoms with van der Waals surface area (Å²) in [6.45, 7) is 0. The first-order valence-electron chi connectivity index (χ1n) is 1.01. The van der Waals surface area contributed by atoms with Crippen LogP contribution in [0.3, 0.4) is 0 Å². The Balaban J connectivity index is 0. The summed E-state index contributed by atoms with van der Waals surface area (Å²) in [6, 6.07) is 0. The van der Waals surface area contributed by atoms with Crippen molar-refractivity contribution >= 4 is 0 Å². The van der Waals surface area contributed by atoms with Crippen LogP contribution in [-0.2, 0) is 17.8 Å². The molecular formula is F6LiNb. The van der Waals surface area contributed by atoms with Crippen molar-refractivity contribution in [2.24, 2.45) is 0 Å². The fourth-order valence-corrected chi connectivity index (χ4v) is 0. The molecule has 0 aromatic heterocycles. The smallest absolute Gasteiger partial charge is 1.00 e. The first-order valence-corrected chi connectivity index (χ1v) is 6.00. The van der Waals surface area contributed by atoms with Gasteiger partial charge < -0.3 is 0 Å². The standard InChI is InChI=1S/6FH.Li.Nb/h6*1H;;/q;;;;;;+1;+5/p-6. The van der Waals surface area contributed by atoms with E-state index in [-0.39, 0.29) is 18.9 Å². The fourth-order valence-electron chi connectivity index (χ4n) is 0. The third-order valence-corrected chi connectivity index (χ3v) is 0. The molecule has 0 saturated heterocycles. The Morgan fingerprint density at radius 1 is 0.625 bits per heavy atom. The second-order valence-electron chi connectivity index (χ2n) is 0.958. The van der Waals surface area contributed by atoms with E-state index in [2.05, 4.69) is 0 Å². The maximum Gasteiger partial charge on any atom is 1.00 e. The molecule has 0 N–H and O–H groups in total. The van der Waals surface area contributed by atoms with Crippen molar-refractivity contribution in [2.45, 2.75) is 0 Å². The minimum absolute atomic E-state index is 0. The van der Waals surface area contributed by atoms with Crippen LogP contribution in [0.15, 0.2) is 0 Å². The van der Waals surface area contributed by atoms with Gasteiger partial charge in [-0.1, -0.05) is 0 Å². The van der Waals surface area contributed by atoms with Gasteiger partial charge in [0.1, 0.15) is 0 Å². The average molecular weight is 214 g/mol. The monoisotopic (exact) mass is 214 g/mol. The van der Waals surface area contributed by atoms with E-state index >= 15 is 0 Å². The van der Waals surface area contributed by atoms with E-state index in [1.165, 1.54) is 0 Å². The van der Waals surface area contributed by atoms with E-state index in [1.807, 2.05) is 0 Å². The molecule has 0 aliphatic rings. The summed E-state index contributed by atoms with van der Waals surface area (Å²) in [4.78, 5) is 0. The van der Waals surface area contributed by atoms with E-state index in [9.17, 15) is 18.1 Å². The zero-order chi connectivity index (χ0) is 6.41. The van der Waals surface area contributed by atoms with Crippen molar-refractivity contribution < 1.29 is 54.8 Å². The van der Waals surface area contributed by atoms with Crippen LogP contribution < -0.4 is 18.9 Å². The van der Waals surface area contributed by atoms with Gasteiger partial charge in [0, 0.05) is 0 Å². The summed E-state index contributed by atoms with van der Waals surface area (Å²) in [5.41, 5.74) is 0. The Kier molecular flexibility index (Phi) is 2.18. The van der Waals surface area contributed by atoms with Gasteiger partial charge in [0.25, 0.3) is 0 Å². The molecule has 0 radical (unpaired) electrons. The molecule has 0 aromatic rings. The molecule has 0 rings (SSSR count). The minimum Gasteiger partial charge on any atom is 1.00 e. The Labute approximate surface area is 55.0 Å². The van der Waals surface area contributed by atoms with Gasteiger partial charge in [-0.15, -0.1) is 0 Å². The van der Waals surface area contributed by atoms with Crippen molar-refractivity contribution in [1.29, 1.82) is 0 Å². The van der Waals surface area contributed by atoms with Crippen LogP contribution in [0.1, 0.15) is 0 Å². The molecule has 0 aromatic carbocycles. The van der Waals surface area contributed by atoms with Gasteiger partial charge in [-0.25, -0.2) is 0 Å². The quantitative estimate of drug-likeness (QED) is 0.377. The van der Waals surface area contributed by atoms with Crippen molar-refractivity contribution in [1.82, 2.24) is 0 Å². The third kappa shape index (κ3) is 288. The number of hydrogen-bond donors (Lipinski definition) is 0. The first kappa shape index (κ1) is 11.7. The van der Waals surface area contributed by atoms with Gasteiger partial charge in [-0.3, -0.25) is 0 Å². The molecule has 8 heteroatoms. The molecule has 48 valence electrons. The summed E-state index contributed by atoms with van der Waals surface area (Å²) >= 11 is -11.2. The van der Waals surface area contributed by atoms with Crippen LogP contribution in [-0.4, -0.2) is 0 Å². The normalized spacial score (nSPS) is 20.2. The van der Waals surface area contributed by atoms with E-state index in [4.69, 9.17) is 0 Å². The Morgan fingerprint density at radius 2 is 0.625 bits per heavy atom. The molecular weight excluding hydrogens is 214 g/mol. The maximum absolute atomic E-state index is 11.2. The van der Waals surface area contributed by atoms with Gasteiger partial charge in [-0.2, -0.15) is 0 Å². The zero-order valence-electron chi connectivity index (χ0n) is 3.72. The maximum atomic E-state index is 9.93.